The number of hydrogen-bond donors (Lipinski definition) is 3. The molecule has 2 aromatic heterocycles. The van der Waals surface area contributed by atoms with Crippen molar-refractivity contribution in [1.82, 2.24) is 30.0 Å². The van der Waals surface area contributed by atoms with Crippen molar-refractivity contribution < 1.29 is 22.7 Å². The summed E-state index contributed by atoms with van der Waals surface area (Å²) in [5.41, 5.74) is 0.424. The molecule has 1 unspecified atom stereocenters. The van der Waals surface area contributed by atoms with Crippen LogP contribution in [0.15, 0.2) is 12.4 Å². The standard InChI is InChI=1S/C23H33F3N8O2/c1-15-19(13-34(32-15)17-4-9-33(2)10-5-17)30-22-29-12-18(23(24,25)26)20(31-22)27-7-3-8-28-21(35)16-6-11-36-14-16/h12-13,16-17H,3-11,14H2,1-2H3,(H,28,35)(H2,27,29,30,31). The van der Waals surface area contributed by atoms with Gasteiger partial charge in [-0.3, -0.25) is 9.48 Å². The van der Waals surface area contributed by atoms with Gasteiger partial charge in [-0.25, -0.2) is 4.98 Å². The van der Waals surface area contributed by atoms with Gasteiger partial charge in [-0.05, 0) is 52.7 Å². The maximum atomic E-state index is 13.5. The van der Waals surface area contributed by atoms with E-state index in [2.05, 4.69) is 43.0 Å². The van der Waals surface area contributed by atoms with Crippen LogP contribution in [0.3, 0.4) is 0 Å². The summed E-state index contributed by atoms with van der Waals surface area (Å²) in [4.78, 5) is 22.3. The van der Waals surface area contributed by atoms with Gasteiger partial charge in [0.2, 0.25) is 11.9 Å². The summed E-state index contributed by atoms with van der Waals surface area (Å²) >= 11 is 0. The molecule has 4 rings (SSSR count). The Morgan fingerprint density at radius 1 is 1.22 bits per heavy atom. The number of ether oxygens (including phenoxy) is 1. The SMILES string of the molecule is Cc1nn(C2CCN(C)CC2)cc1Nc1ncc(C(F)(F)F)c(NCCCNC(=O)C2CCOC2)n1. The molecule has 0 spiro atoms. The van der Waals surface area contributed by atoms with Crippen LogP contribution in [0.2, 0.25) is 0 Å². The molecule has 0 aliphatic carbocycles. The molecule has 0 saturated carbocycles. The van der Waals surface area contributed by atoms with Gasteiger partial charge in [0.1, 0.15) is 11.4 Å². The highest BCUT2D eigenvalue weighted by Gasteiger charge is 2.35. The van der Waals surface area contributed by atoms with E-state index in [9.17, 15) is 18.0 Å². The van der Waals surface area contributed by atoms with Crippen LogP contribution >= 0.6 is 0 Å². The van der Waals surface area contributed by atoms with Crippen molar-refractivity contribution in [3.05, 3.63) is 23.7 Å². The predicted octanol–water partition coefficient (Wildman–Crippen LogP) is 2.97. The number of nitrogens with one attached hydrogen (secondary N) is 3. The van der Waals surface area contributed by atoms with E-state index in [4.69, 9.17) is 4.74 Å². The number of aromatic nitrogens is 4. The molecule has 1 amide bonds. The zero-order chi connectivity index (χ0) is 25.7. The van der Waals surface area contributed by atoms with E-state index in [0.29, 0.717) is 38.3 Å². The number of hydrogen-bond acceptors (Lipinski definition) is 8. The fourth-order valence-corrected chi connectivity index (χ4v) is 4.35. The summed E-state index contributed by atoms with van der Waals surface area (Å²) in [6.07, 6.45) is 1.12. The van der Waals surface area contributed by atoms with Gasteiger partial charge in [-0.15, -0.1) is 0 Å². The lowest BCUT2D eigenvalue weighted by Crippen LogP contribution is -2.32. The molecule has 198 valence electrons. The molecule has 1 atom stereocenters. The molecule has 0 bridgehead atoms. The van der Waals surface area contributed by atoms with Gasteiger partial charge in [0, 0.05) is 32.1 Å². The maximum Gasteiger partial charge on any atom is 0.421 e. The third-order valence-corrected chi connectivity index (χ3v) is 6.57. The van der Waals surface area contributed by atoms with Crippen LogP contribution in [0.1, 0.15) is 43.0 Å². The van der Waals surface area contributed by atoms with Gasteiger partial charge < -0.3 is 25.6 Å². The highest BCUT2D eigenvalue weighted by atomic mass is 19.4. The molecule has 0 radical (unpaired) electrons. The first-order valence-corrected chi connectivity index (χ1v) is 12.3. The van der Waals surface area contributed by atoms with Crippen LogP contribution in [0.5, 0.6) is 0 Å². The van der Waals surface area contributed by atoms with Gasteiger partial charge in [0.05, 0.1) is 29.9 Å². The Labute approximate surface area is 208 Å². The predicted molar refractivity (Wildman–Crippen MR) is 128 cm³/mol. The summed E-state index contributed by atoms with van der Waals surface area (Å²) in [5.74, 6) is -0.507. The molecule has 2 saturated heterocycles. The number of amides is 1. The molecule has 2 fully saturated rings. The van der Waals surface area contributed by atoms with Crippen molar-refractivity contribution in [2.24, 2.45) is 5.92 Å². The van der Waals surface area contributed by atoms with Crippen LogP contribution in [0.4, 0.5) is 30.6 Å². The zero-order valence-electron chi connectivity index (χ0n) is 20.6. The quantitative estimate of drug-likeness (QED) is 0.442. The second kappa shape index (κ2) is 11.4. The number of carbonyl (C=O) groups is 1. The smallest absolute Gasteiger partial charge is 0.381 e. The van der Waals surface area contributed by atoms with E-state index < -0.39 is 11.7 Å². The first-order chi connectivity index (χ1) is 17.2. The number of likely N-dealkylation sites (tertiary alicyclic amines) is 1. The Kier molecular flexibility index (Phi) is 8.29. The Morgan fingerprint density at radius 2 is 2.00 bits per heavy atom. The van der Waals surface area contributed by atoms with Crippen molar-refractivity contribution in [3.8, 4) is 0 Å². The monoisotopic (exact) mass is 510 g/mol. The van der Waals surface area contributed by atoms with E-state index in [0.717, 1.165) is 37.8 Å². The van der Waals surface area contributed by atoms with Crippen molar-refractivity contribution in [3.63, 3.8) is 0 Å². The summed E-state index contributed by atoms with van der Waals surface area (Å²) in [5, 5.41) is 13.2. The molecule has 2 aromatic rings. The number of rotatable bonds is 9. The number of piperidine rings is 1. The third kappa shape index (κ3) is 6.64. The van der Waals surface area contributed by atoms with Crippen LogP contribution in [-0.2, 0) is 15.7 Å². The largest absolute Gasteiger partial charge is 0.421 e. The van der Waals surface area contributed by atoms with Crippen LogP contribution in [-0.4, -0.2) is 77.0 Å². The number of anilines is 3. The first-order valence-electron chi connectivity index (χ1n) is 12.3. The van der Waals surface area contributed by atoms with Gasteiger partial charge in [0.25, 0.3) is 0 Å². The second-order valence-corrected chi connectivity index (χ2v) is 9.35. The topological polar surface area (TPSA) is 109 Å². The highest BCUT2D eigenvalue weighted by molar-refractivity contribution is 5.78. The molecule has 2 aliphatic heterocycles. The van der Waals surface area contributed by atoms with Gasteiger partial charge >= 0.3 is 6.18 Å². The van der Waals surface area contributed by atoms with Crippen LogP contribution in [0.25, 0.3) is 0 Å². The zero-order valence-corrected chi connectivity index (χ0v) is 20.6. The van der Waals surface area contributed by atoms with Crippen molar-refractivity contribution in [1.29, 1.82) is 0 Å². The summed E-state index contributed by atoms with van der Waals surface area (Å²) < 4.78 is 47.7. The first kappa shape index (κ1) is 26.1. The fourth-order valence-electron chi connectivity index (χ4n) is 4.35. The third-order valence-electron chi connectivity index (χ3n) is 6.57. The van der Waals surface area contributed by atoms with E-state index in [1.807, 2.05) is 17.8 Å². The molecular weight excluding hydrogens is 477 g/mol. The van der Waals surface area contributed by atoms with E-state index in [1.165, 1.54) is 0 Å². The van der Waals surface area contributed by atoms with Crippen LogP contribution in [0, 0.1) is 12.8 Å². The lowest BCUT2D eigenvalue weighted by Gasteiger charge is -2.28. The minimum atomic E-state index is -4.60. The number of carbonyl (C=O) groups excluding carboxylic acids is 1. The number of aryl methyl sites for hydroxylation is 1. The second-order valence-electron chi connectivity index (χ2n) is 9.35. The van der Waals surface area contributed by atoms with E-state index in [1.54, 1.807) is 0 Å². The minimum Gasteiger partial charge on any atom is -0.381 e. The van der Waals surface area contributed by atoms with Crippen LogP contribution < -0.4 is 16.0 Å². The lowest BCUT2D eigenvalue weighted by atomic mass is 10.1. The lowest BCUT2D eigenvalue weighted by molar-refractivity contribution is -0.137. The normalized spacial score (nSPS) is 19.4. The number of nitrogens with zero attached hydrogens (tertiary/aromatic N) is 5. The van der Waals surface area contributed by atoms with Gasteiger partial charge in [-0.1, -0.05) is 0 Å². The highest BCUT2D eigenvalue weighted by Crippen LogP contribution is 2.34. The van der Waals surface area contributed by atoms with E-state index >= 15 is 0 Å². The molecule has 3 N–H and O–H groups in total. The molecule has 2 aliphatic rings. The van der Waals surface area contributed by atoms with Gasteiger partial charge in [-0.2, -0.15) is 23.3 Å². The Balaban J connectivity index is 1.37. The Hall–Kier alpha value is -2.93. The molecule has 0 aromatic carbocycles. The van der Waals surface area contributed by atoms with Crippen molar-refractivity contribution in [2.45, 2.75) is 44.8 Å². The number of halogens is 3. The molecule has 10 nitrogen and oxygen atoms in total. The maximum absolute atomic E-state index is 13.5. The van der Waals surface area contributed by atoms with E-state index in [-0.39, 0.29) is 36.2 Å². The summed E-state index contributed by atoms with van der Waals surface area (Å²) in [6, 6.07) is 0.280. The van der Waals surface area contributed by atoms with Gasteiger partial charge in [0.15, 0.2) is 0 Å². The fraction of sp³-hybridized carbons (Fsp3) is 0.652. The average molecular weight is 511 g/mol. The van der Waals surface area contributed by atoms with Crippen molar-refractivity contribution >= 4 is 23.4 Å². The summed E-state index contributed by atoms with van der Waals surface area (Å²) in [6.45, 7) is 5.34. The van der Waals surface area contributed by atoms with Crippen molar-refractivity contribution in [2.75, 3.05) is 57.1 Å². The molecule has 36 heavy (non-hydrogen) atoms. The molecule has 4 heterocycles. The summed E-state index contributed by atoms with van der Waals surface area (Å²) in [7, 11) is 2.09. The molecular formula is C23H33F3N8O2. The Morgan fingerprint density at radius 3 is 2.69 bits per heavy atom. The average Bonchev–Trinajstić information content (AvgIpc) is 3.49. The Bertz CT molecular complexity index is 1030. The number of alkyl halides is 3. The molecule has 13 heteroatoms. The minimum absolute atomic E-state index is 0.0473.